The molecule has 1 fully saturated rings. The first-order chi connectivity index (χ1) is 15.1. The predicted octanol–water partition coefficient (Wildman–Crippen LogP) is 4.47. The van der Waals surface area contributed by atoms with Gasteiger partial charge in [-0.15, -0.1) is 0 Å². The minimum absolute atomic E-state index is 0.0766. The molecule has 0 bridgehead atoms. The average molecular weight is 436 g/mol. The molecular weight excluding hydrogens is 414 g/mol. The van der Waals surface area contributed by atoms with Gasteiger partial charge in [0.05, 0.1) is 10.6 Å². The number of hydrogen-bond acceptors (Lipinski definition) is 6. The van der Waals surface area contributed by atoms with E-state index in [9.17, 15) is 4.79 Å². The number of carbonyl (C=O) groups excluding carboxylic acids is 1. The van der Waals surface area contributed by atoms with E-state index in [1.807, 2.05) is 36.4 Å². The van der Waals surface area contributed by atoms with Gasteiger partial charge in [0.2, 0.25) is 17.6 Å². The van der Waals surface area contributed by atoms with Crippen LogP contribution >= 0.6 is 11.6 Å². The van der Waals surface area contributed by atoms with E-state index in [2.05, 4.69) is 20.4 Å². The summed E-state index contributed by atoms with van der Waals surface area (Å²) in [6.07, 6.45) is 2.23. The average Bonchev–Trinajstić information content (AvgIpc) is 3.29. The van der Waals surface area contributed by atoms with E-state index in [-0.39, 0.29) is 11.8 Å². The van der Waals surface area contributed by atoms with Crippen LogP contribution in [0.4, 0.5) is 5.69 Å². The zero-order chi connectivity index (χ0) is 21.6. The Balaban J connectivity index is 1.23. The number of likely N-dealkylation sites (tertiary alicyclic amines) is 1. The van der Waals surface area contributed by atoms with Gasteiger partial charge in [-0.1, -0.05) is 47.1 Å². The number of nitrogens with one attached hydrogen (secondary N) is 1. The van der Waals surface area contributed by atoms with Crippen LogP contribution in [0.5, 0.6) is 0 Å². The van der Waals surface area contributed by atoms with E-state index in [1.54, 1.807) is 18.2 Å². The van der Waals surface area contributed by atoms with Crippen LogP contribution in [0.1, 0.15) is 36.6 Å². The van der Waals surface area contributed by atoms with Gasteiger partial charge in [0.15, 0.2) is 0 Å². The maximum absolute atomic E-state index is 12.3. The molecule has 3 aromatic rings. The lowest BCUT2D eigenvalue weighted by Crippen LogP contribution is -2.35. The Morgan fingerprint density at radius 3 is 2.71 bits per heavy atom. The predicted molar refractivity (Wildman–Crippen MR) is 118 cm³/mol. The lowest BCUT2D eigenvalue weighted by Gasteiger charge is -2.30. The summed E-state index contributed by atoms with van der Waals surface area (Å²) in [5.41, 5.74) is 1.93. The summed E-state index contributed by atoms with van der Waals surface area (Å²) < 4.78 is 5.51. The van der Waals surface area contributed by atoms with Crippen molar-refractivity contribution < 1.29 is 9.32 Å². The van der Waals surface area contributed by atoms with Crippen LogP contribution in [0.25, 0.3) is 11.4 Å². The number of amides is 1. The lowest BCUT2D eigenvalue weighted by molar-refractivity contribution is -0.116. The second-order valence-corrected chi connectivity index (χ2v) is 7.95. The molecule has 0 saturated carbocycles. The van der Waals surface area contributed by atoms with E-state index in [1.165, 1.54) is 0 Å². The van der Waals surface area contributed by atoms with Crippen molar-refractivity contribution in [3.8, 4) is 17.5 Å². The van der Waals surface area contributed by atoms with Crippen LogP contribution in [0, 0.1) is 11.3 Å². The highest BCUT2D eigenvalue weighted by atomic mass is 35.5. The van der Waals surface area contributed by atoms with Crippen molar-refractivity contribution in [1.29, 1.82) is 5.26 Å². The topological polar surface area (TPSA) is 95.1 Å². The van der Waals surface area contributed by atoms with Gasteiger partial charge in [0, 0.05) is 30.1 Å². The highest BCUT2D eigenvalue weighted by Gasteiger charge is 2.25. The second-order valence-electron chi connectivity index (χ2n) is 7.54. The molecule has 0 radical (unpaired) electrons. The lowest BCUT2D eigenvalue weighted by atomic mass is 9.96. The number of benzene rings is 2. The number of nitriles is 1. The Morgan fingerprint density at radius 1 is 1.23 bits per heavy atom. The zero-order valence-corrected chi connectivity index (χ0v) is 17.7. The molecule has 8 heteroatoms. The molecule has 1 aromatic heterocycles. The number of carbonyl (C=O) groups is 1. The van der Waals surface area contributed by atoms with Gasteiger partial charge in [0.25, 0.3) is 0 Å². The standard InChI is InChI=1S/C23H22ClN5O2/c24-20-14-19(7-6-18(20)15-25)26-21(30)10-13-29-11-8-17(9-12-29)23-27-22(28-31-23)16-4-2-1-3-5-16/h1-7,14,17H,8-13H2,(H,26,30). The van der Waals surface area contributed by atoms with Gasteiger partial charge in [-0.25, -0.2) is 0 Å². The van der Waals surface area contributed by atoms with Gasteiger partial charge < -0.3 is 14.7 Å². The normalized spacial score (nSPS) is 14.8. The maximum atomic E-state index is 12.3. The largest absolute Gasteiger partial charge is 0.339 e. The fourth-order valence-electron chi connectivity index (χ4n) is 3.68. The monoisotopic (exact) mass is 435 g/mol. The van der Waals surface area contributed by atoms with E-state index in [4.69, 9.17) is 21.4 Å². The number of aromatic nitrogens is 2. The molecular formula is C23H22ClN5O2. The maximum Gasteiger partial charge on any atom is 0.230 e. The molecule has 0 unspecified atom stereocenters. The molecule has 31 heavy (non-hydrogen) atoms. The first-order valence-corrected chi connectivity index (χ1v) is 10.6. The number of piperidine rings is 1. The van der Waals surface area contributed by atoms with Gasteiger partial charge in [-0.05, 0) is 44.1 Å². The number of hydrogen-bond donors (Lipinski definition) is 1. The first kappa shape index (κ1) is 21.0. The van der Waals surface area contributed by atoms with Crippen LogP contribution in [0.15, 0.2) is 53.1 Å². The summed E-state index contributed by atoms with van der Waals surface area (Å²) in [4.78, 5) is 19.1. The second kappa shape index (κ2) is 9.73. The van der Waals surface area contributed by atoms with Gasteiger partial charge >= 0.3 is 0 Å². The minimum Gasteiger partial charge on any atom is -0.339 e. The Kier molecular flexibility index (Phi) is 6.60. The third kappa shape index (κ3) is 5.29. The molecule has 0 spiro atoms. The highest BCUT2D eigenvalue weighted by Crippen LogP contribution is 2.28. The zero-order valence-electron chi connectivity index (χ0n) is 16.9. The molecule has 1 amide bonds. The molecule has 0 aliphatic carbocycles. The summed E-state index contributed by atoms with van der Waals surface area (Å²) in [7, 11) is 0. The van der Waals surface area contributed by atoms with Crippen molar-refractivity contribution in [2.45, 2.75) is 25.2 Å². The Labute approximate surface area is 185 Å². The summed E-state index contributed by atoms with van der Waals surface area (Å²) in [5, 5.41) is 16.2. The quantitative estimate of drug-likeness (QED) is 0.613. The van der Waals surface area contributed by atoms with Gasteiger partial charge in [-0.3, -0.25) is 4.79 Å². The third-order valence-corrected chi connectivity index (χ3v) is 5.75. The van der Waals surface area contributed by atoms with E-state index < -0.39 is 0 Å². The Morgan fingerprint density at radius 2 is 2.00 bits per heavy atom. The first-order valence-electron chi connectivity index (χ1n) is 10.2. The van der Waals surface area contributed by atoms with Gasteiger partial charge in [0.1, 0.15) is 6.07 Å². The number of rotatable bonds is 6. The van der Waals surface area contributed by atoms with Crippen molar-refractivity contribution in [3.63, 3.8) is 0 Å². The summed E-state index contributed by atoms with van der Waals surface area (Å²) in [5.74, 6) is 1.48. The van der Waals surface area contributed by atoms with E-state index >= 15 is 0 Å². The molecule has 7 nitrogen and oxygen atoms in total. The SMILES string of the molecule is N#Cc1ccc(NC(=O)CCN2CCC(c3nc(-c4ccccc4)no3)CC2)cc1Cl. The van der Waals surface area contributed by atoms with Gasteiger partial charge in [-0.2, -0.15) is 10.2 Å². The van der Waals surface area contributed by atoms with Crippen molar-refractivity contribution in [2.24, 2.45) is 0 Å². The molecule has 0 atom stereocenters. The number of anilines is 1. The van der Waals surface area contributed by atoms with E-state index in [0.717, 1.165) is 31.5 Å². The highest BCUT2D eigenvalue weighted by molar-refractivity contribution is 6.32. The summed E-state index contributed by atoms with van der Waals surface area (Å²) in [6, 6.07) is 16.7. The smallest absolute Gasteiger partial charge is 0.230 e. The van der Waals surface area contributed by atoms with Crippen molar-refractivity contribution >= 4 is 23.2 Å². The third-order valence-electron chi connectivity index (χ3n) is 5.44. The summed E-state index contributed by atoms with van der Waals surface area (Å²) in [6.45, 7) is 2.44. The van der Waals surface area contributed by atoms with Crippen molar-refractivity contribution in [1.82, 2.24) is 15.0 Å². The van der Waals surface area contributed by atoms with Crippen LogP contribution in [-0.4, -0.2) is 40.6 Å². The molecule has 1 N–H and O–H groups in total. The van der Waals surface area contributed by atoms with Crippen molar-refractivity contribution in [3.05, 3.63) is 65.0 Å². The van der Waals surface area contributed by atoms with Crippen LogP contribution in [0.3, 0.4) is 0 Å². The van der Waals surface area contributed by atoms with Crippen molar-refractivity contribution in [2.75, 3.05) is 25.0 Å². The van der Waals surface area contributed by atoms with Crippen LogP contribution < -0.4 is 5.32 Å². The molecule has 158 valence electrons. The minimum atomic E-state index is -0.0766. The fraction of sp³-hybridized carbons (Fsp3) is 0.304. The molecule has 1 aliphatic rings. The van der Waals surface area contributed by atoms with Crippen LogP contribution in [-0.2, 0) is 4.79 Å². The number of nitrogens with zero attached hydrogens (tertiary/aromatic N) is 4. The molecule has 1 saturated heterocycles. The van der Waals surface area contributed by atoms with Crippen LogP contribution in [0.2, 0.25) is 5.02 Å². The Bertz CT molecular complexity index is 1080. The van der Waals surface area contributed by atoms with E-state index in [0.29, 0.717) is 41.0 Å². The molecule has 2 heterocycles. The number of halogens is 1. The Hall–Kier alpha value is -3.21. The molecule has 1 aliphatic heterocycles. The molecule has 2 aromatic carbocycles. The molecule has 4 rings (SSSR count). The fourth-order valence-corrected chi connectivity index (χ4v) is 3.90. The summed E-state index contributed by atoms with van der Waals surface area (Å²) >= 11 is 6.01.